The maximum Gasteiger partial charge on any atom is 0.115 e. The third-order valence-corrected chi connectivity index (χ3v) is 6.01. The molecule has 0 spiro atoms. The minimum absolute atomic E-state index is 0.232. The van der Waals surface area contributed by atoms with E-state index in [1.54, 1.807) is 0 Å². The van der Waals surface area contributed by atoms with E-state index in [1.807, 2.05) is 30.6 Å². The lowest BCUT2D eigenvalue weighted by Crippen LogP contribution is -2.26. The fourth-order valence-electron chi connectivity index (χ4n) is 3.95. The molecule has 1 saturated heterocycles. The maximum absolute atomic E-state index is 6.31. The van der Waals surface area contributed by atoms with Crippen LogP contribution in [0.4, 0.5) is 0 Å². The molecule has 0 aliphatic carbocycles. The van der Waals surface area contributed by atoms with Gasteiger partial charge in [0.1, 0.15) is 11.3 Å². The van der Waals surface area contributed by atoms with Crippen LogP contribution in [0.5, 0.6) is 0 Å². The second kappa shape index (κ2) is 6.82. The second-order valence-electron chi connectivity index (χ2n) is 6.97. The Morgan fingerprint density at radius 1 is 1.30 bits per heavy atom. The molecule has 1 fully saturated rings. The average Bonchev–Trinajstić information content (AvgIpc) is 3.29. The standard InChI is InChI=1S/C19H18ClN5OS/c1-11-6-13(4-5-26-11)25-18(8-14-9-22-24-27-14)23-17-10-21-16-3-2-12(20)7-15(16)19(17)25/h2-3,7,9-11,13H,4-6,8H2,1H3/t11-,13-/m1/s1. The quantitative estimate of drug-likeness (QED) is 0.510. The lowest BCUT2D eigenvalue weighted by Gasteiger charge is -2.30. The Morgan fingerprint density at radius 3 is 3.04 bits per heavy atom. The second-order valence-corrected chi connectivity index (χ2v) is 8.28. The summed E-state index contributed by atoms with van der Waals surface area (Å²) in [6.07, 6.45) is 6.54. The van der Waals surface area contributed by atoms with Gasteiger partial charge in [-0.25, -0.2) is 4.98 Å². The molecular weight excluding hydrogens is 382 g/mol. The number of halogens is 1. The van der Waals surface area contributed by atoms with Gasteiger partial charge in [0.15, 0.2) is 0 Å². The Labute approximate surface area is 165 Å². The van der Waals surface area contributed by atoms with Crippen molar-refractivity contribution in [3.05, 3.63) is 46.3 Å². The highest BCUT2D eigenvalue weighted by molar-refractivity contribution is 7.05. The molecule has 0 amide bonds. The highest BCUT2D eigenvalue weighted by Gasteiger charge is 2.26. The van der Waals surface area contributed by atoms with Crippen LogP contribution in [0.2, 0.25) is 5.02 Å². The van der Waals surface area contributed by atoms with Gasteiger partial charge < -0.3 is 9.30 Å². The molecule has 6 nitrogen and oxygen atoms in total. The number of ether oxygens (including phenoxy) is 1. The summed E-state index contributed by atoms with van der Waals surface area (Å²) in [6.45, 7) is 2.89. The van der Waals surface area contributed by atoms with E-state index in [1.165, 1.54) is 11.5 Å². The molecule has 1 aliphatic rings. The van der Waals surface area contributed by atoms with E-state index in [2.05, 4.69) is 26.1 Å². The molecule has 3 aromatic heterocycles. The monoisotopic (exact) mass is 399 g/mol. The summed E-state index contributed by atoms with van der Waals surface area (Å²) >= 11 is 7.72. The number of imidazole rings is 1. The summed E-state index contributed by atoms with van der Waals surface area (Å²) < 4.78 is 12.2. The normalized spacial score (nSPS) is 20.5. The molecule has 5 rings (SSSR count). The number of rotatable bonds is 3. The minimum Gasteiger partial charge on any atom is -0.378 e. The van der Waals surface area contributed by atoms with Crippen molar-refractivity contribution in [2.75, 3.05) is 6.61 Å². The zero-order valence-corrected chi connectivity index (χ0v) is 16.4. The highest BCUT2D eigenvalue weighted by Crippen LogP contribution is 2.35. The van der Waals surface area contributed by atoms with Crippen LogP contribution in [0, 0.1) is 0 Å². The molecule has 0 saturated carbocycles. The van der Waals surface area contributed by atoms with Gasteiger partial charge in [0.2, 0.25) is 0 Å². The average molecular weight is 400 g/mol. The molecule has 2 atom stereocenters. The van der Waals surface area contributed by atoms with Gasteiger partial charge in [-0.1, -0.05) is 16.1 Å². The zero-order chi connectivity index (χ0) is 18.4. The molecule has 0 bridgehead atoms. The van der Waals surface area contributed by atoms with E-state index in [0.29, 0.717) is 17.5 Å². The van der Waals surface area contributed by atoms with Gasteiger partial charge >= 0.3 is 0 Å². The number of fused-ring (bicyclic) bond motifs is 3. The van der Waals surface area contributed by atoms with Crippen molar-refractivity contribution in [2.45, 2.75) is 38.3 Å². The van der Waals surface area contributed by atoms with Crippen LogP contribution in [0.25, 0.3) is 21.9 Å². The van der Waals surface area contributed by atoms with E-state index < -0.39 is 0 Å². The van der Waals surface area contributed by atoms with Gasteiger partial charge in [-0.05, 0) is 49.5 Å². The Hall–Kier alpha value is -2.09. The van der Waals surface area contributed by atoms with Gasteiger partial charge in [-0.2, -0.15) is 0 Å². The van der Waals surface area contributed by atoms with Crippen LogP contribution in [0.15, 0.2) is 30.6 Å². The van der Waals surface area contributed by atoms with E-state index in [9.17, 15) is 0 Å². The molecule has 1 aliphatic heterocycles. The largest absolute Gasteiger partial charge is 0.378 e. The molecule has 4 aromatic rings. The third-order valence-electron chi connectivity index (χ3n) is 5.11. The molecule has 0 radical (unpaired) electrons. The SMILES string of the molecule is C[C@@H]1C[C@H](n2c(Cc3cnns3)nc3cnc4ccc(Cl)cc4c32)CCO1. The summed E-state index contributed by atoms with van der Waals surface area (Å²) in [5.41, 5.74) is 2.93. The van der Waals surface area contributed by atoms with Crippen molar-refractivity contribution in [3.8, 4) is 0 Å². The highest BCUT2D eigenvalue weighted by atomic mass is 35.5. The van der Waals surface area contributed by atoms with Crippen LogP contribution in [-0.2, 0) is 11.2 Å². The van der Waals surface area contributed by atoms with Crippen LogP contribution >= 0.6 is 23.1 Å². The van der Waals surface area contributed by atoms with Gasteiger partial charge in [0.25, 0.3) is 0 Å². The van der Waals surface area contributed by atoms with E-state index >= 15 is 0 Å². The van der Waals surface area contributed by atoms with E-state index in [4.69, 9.17) is 21.3 Å². The fraction of sp³-hybridized carbons (Fsp3) is 0.368. The first-order valence-corrected chi connectivity index (χ1v) is 10.2. The Bertz CT molecular complexity index is 1110. The van der Waals surface area contributed by atoms with Crippen molar-refractivity contribution in [1.82, 2.24) is 24.1 Å². The Kier molecular flexibility index (Phi) is 4.30. The molecular formula is C19H18ClN5OS. The van der Waals surface area contributed by atoms with E-state index in [0.717, 1.165) is 52.1 Å². The summed E-state index contributed by atoms with van der Waals surface area (Å²) in [6, 6.07) is 6.17. The predicted octanol–water partition coefficient (Wildman–Crippen LogP) is 4.42. The van der Waals surface area contributed by atoms with Gasteiger partial charge in [0.05, 0.1) is 34.4 Å². The molecule has 0 unspecified atom stereocenters. The first-order valence-electron chi connectivity index (χ1n) is 9.02. The van der Waals surface area contributed by atoms with E-state index in [-0.39, 0.29) is 6.10 Å². The van der Waals surface area contributed by atoms with Crippen molar-refractivity contribution >= 4 is 45.1 Å². The molecule has 27 heavy (non-hydrogen) atoms. The molecule has 1 aromatic carbocycles. The summed E-state index contributed by atoms with van der Waals surface area (Å²) in [5, 5.41) is 5.72. The summed E-state index contributed by atoms with van der Waals surface area (Å²) in [4.78, 5) is 10.6. The van der Waals surface area contributed by atoms with Gasteiger partial charge in [-0.3, -0.25) is 4.98 Å². The Balaban J connectivity index is 1.76. The number of aromatic nitrogens is 5. The topological polar surface area (TPSA) is 65.7 Å². The van der Waals surface area contributed by atoms with Gasteiger partial charge in [-0.15, -0.1) is 5.10 Å². The van der Waals surface area contributed by atoms with Crippen LogP contribution in [0.1, 0.15) is 36.5 Å². The third kappa shape index (κ3) is 3.09. The van der Waals surface area contributed by atoms with Crippen LogP contribution in [-0.4, -0.2) is 36.8 Å². The first kappa shape index (κ1) is 17.0. The lowest BCUT2D eigenvalue weighted by atomic mass is 10.0. The number of nitrogens with zero attached hydrogens (tertiary/aromatic N) is 5. The minimum atomic E-state index is 0.232. The number of benzene rings is 1. The molecule has 8 heteroatoms. The van der Waals surface area contributed by atoms with Crippen LogP contribution < -0.4 is 0 Å². The Morgan fingerprint density at radius 2 is 2.22 bits per heavy atom. The maximum atomic E-state index is 6.31. The summed E-state index contributed by atoms with van der Waals surface area (Å²) in [5.74, 6) is 1.02. The predicted molar refractivity (Wildman–Crippen MR) is 106 cm³/mol. The van der Waals surface area contributed by atoms with Crippen LogP contribution in [0.3, 0.4) is 0 Å². The summed E-state index contributed by atoms with van der Waals surface area (Å²) in [7, 11) is 0. The van der Waals surface area contributed by atoms with Crippen molar-refractivity contribution in [3.63, 3.8) is 0 Å². The lowest BCUT2D eigenvalue weighted by molar-refractivity contribution is 0.00631. The first-order chi connectivity index (χ1) is 13.2. The van der Waals surface area contributed by atoms with Crippen molar-refractivity contribution in [2.24, 2.45) is 0 Å². The number of hydrogen-bond donors (Lipinski definition) is 0. The molecule has 4 heterocycles. The zero-order valence-electron chi connectivity index (χ0n) is 14.8. The van der Waals surface area contributed by atoms with Gasteiger partial charge in [0, 0.05) is 29.5 Å². The smallest absolute Gasteiger partial charge is 0.115 e. The number of hydrogen-bond acceptors (Lipinski definition) is 6. The number of pyridine rings is 1. The molecule has 0 N–H and O–H groups in total. The van der Waals surface area contributed by atoms with Crippen molar-refractivity contribution < 1.29 is 4.74 Å². The fourth-order valence-corrected chi connectivity index (χ4v) is 4.60. The van der Waals surface area contributed by atoms with Crippen molar-refractivity contribution in [1.29, 1.82) is 0 Å². The molecule has 138 valence electrons.